The van der Waals surface area contributed by atoms with Gasteiger partial charge in [0.05, 0.1) is 6.10 Å². The summed E-state index contributed by atoms with van der Waals surface area (Å²) in [6.07, 6.45) is 5.76. The maximum atomic E-state index is 5.70. The quantitative estimate of drug-likeness (QED) is 0.616. The maximum absolute atomic E-state index is 5.70. The Balaban J connectivity index is 2.00. The molecule has 0 aromatic carbocycles. The molecular weight excluding hydrogens is 138 g/mol. The molecule has 0 spiro atoms. The fourth-order valence-corrected chi connectivity index (χ4v) is 2.59. The zero-order valence-electron chi connectivity index (χ0n) is 6.96. The molecule has 1 aliphatic heterocycles. The lowest BCUT2D eigenvalue weighted by Crippen LogP contribution is -2.33. The lowest BCUT2D eigenvalue weighted by molar-refractivity contribution is 0.0457. The fourth-order valence-electron chi connectivity index (χ4n) is 2.59. The molecule has 0 amide bonds. The van der Waals surface area contributed by atoms with Crippen LogP contribution >= 0.6 is 0 Å². The number of hydrogen-bond acceptors (Lipinski definition) is 2. The van der Waals surface area contributed by atoms with Crippen molar-refractivity contribution in [3.8, 4) is 0 Å². The molecule has 2 N–H and O–H groups in total. The highest BCUT2D eigenvalue weighted by Gasteiger charge is 2.36. The molecule has 0 unspecified atom stereocenters. The van der Waals surface area contributed by atoms with Crippen molar-refractivity contribution in [3.63, 3.8) is 0 Å². The minimum Gasteiger partial charge on any atom is -0.378 e. The molecule has 2 aliphatic rings. The highest BCUT2D eigenvalue weighted by Crippen LogP contribution is 2.37. The first-order chi connectivity index (χ1) is 5.42. The summed E-state index contributed by atoms with van der Waals surface area (Å²) in [6, 6.07) is 0. The highest BCUT2D eigenvalue weighted by atomic mass is 16.5. The summed E-state index contributed by atoms with van der Waals surface area (Å²) in [6.45, 7) is 1.84. The monoisotopic (exact) mass is 155 g/mol. The Bertz CT molecular complexity index is 138. The van der Waals surface area contributed by atoms with Crippen LogP contribution in [0.25, 0.3) is 0 Å². The van der Waals surface area contributed by atoms with Gasteiger partial charge in [0, 0.05) is 6.61 Å². The number of nitrogens with two attached hydrogens (primary N) is 1. The predicted octanol–water partition coefficient (Wildman–Crippen LogP) is 1.15. The Morgan fingerprint density at radius 1 is 1.27 bits per heavy atom. The van der Waals surface area contributed by atoms with Crippen molar-refractivity contribution >= 4 is 0 Å². The first-order valence-electron chi connectivity index (χ1n) is 4.73. The van der Waals surface area contributed by atoms with E-state index in [4.69, 9.17) is 10.5 Å². The third-order valence-corrected chi connectivity index (χ3v) is 3.23. The van der Waals surface area contributed by atoms with Crippen LogP contribution in [-0.2, 0) is 4.74 Å². The zero-order valence-corrected chi connectivity index (χ0v) is 6.96. The van der Waals surface area contributed by atoms with Crippen molar-refractivity contribution in [3.05, 3.63) is 0 Å². The molecule has 0 aromatic rings. The Hall–Kier alpha value is -0.0800. The Labute approximate surface area is 68.1 Å². The summed E-state index contributed by atoms with van der Waals surface area (Å²) < 4.78 is 5.63. The van der Waals surface area contributed by atoms with E-state index in [9.17, 15) is 0 Å². The third-order valence-electron chi connectivity index (χ3n) is 3.23. The number of fused-ring (bicyclic) bond motifs is 1. The average molecular weight is 155 g/mol. The molecule has 1 aliphatic carbocycles. The molecule has 2 rings (SSSR count). The molecule has 1 heterocycles. The van der Waals surface area contributed by atoms with Crippen LogP contribution in [-0.4, -0.2) is 19.3 Å². The number of hydrogen-bond donors (Lipinski definition) is 1. The van der Waals surface area contributed by atoms with E-state index in [0.29, 0.717) is 6.10 Å². The van der Waals surface area contributed by atoms with Crippen LogP contribution in [0, 0.1) is 11.8 Å². The SMILES string of the molecule is NC[C@@H]1CCC[C@H]2OCC[C@@H]12. The van der Waals surface area contributed by atoms with Gasteiger partial charge in [0.2, 0.25) is 0 Å². The van der Waals surface area contributed by atoms with Gasteiger partial charge < -0.3 is 10.5 Å². The highest BCUT2D eigenvalue weighted by molar-refractivity contribution is 4.86. The normalized spacial score (nSPS) is 43.9. The average Bonchev–Trinajstić information content (AvgIpc) is 2.50. The van der Waals surface area contributed by atoms with E-state index in [1.165, 1.54) is 25.7 Å². The molecule has 11 heavy (non-hydrogen) atoms. The van der Waals surface area contributed by atoms with Crippen molar-refractivity contribution < 1.29 is 4.74 Å². The van der Waals surface area contributed by atoms with Crippen LogP contribution in [0.3, 0.4) is 0 Å². The largest absolute Gasteiger partial charge is 0.378 e. The zero-order chi connectivity index (χ0) is 7.68. The molecular formula is C9H17NO. The first-order valence-corrected chi connectivity index (χ1v) is 4.73. The first kappa shape index (κ1) is 7.56. The molecule has 2 fully saturated rings. The molecule has 3 atom stereocenters. The Kier molecular flexibility index (Phi) is 2.14. The van der Waals surface area contributed by atoms with Crippen LogP contribution in [0.15, 0.2) is 0 Å². The van der Waals surface area contributed by atoms with Crippen LogP contribution in [0.1, 0.15) is 25.7 Å². The minimum absolute atomic E-state index is 0.567. The smallest absolute Gasteiger partial charge is 0.0607 e. The van der Waals surface area contributed by atoms with Gasteiger partial charge in [-0.3, -0.25) is 0 Å². The summed E-state index contributed by atoms with van der Waals surface area (Å²) in [4.78, 5) is 0. The van der Waals surface area contributed by atoms with Crippen molar-refractivity contribution in [2.75, 3.05) is 13.2 Å². The molecule has 2 nitrogen and oxygen atoms in total. The molecule has 0 bridgehead atoms. The molecule has 0 aromatic heterocycles. The topological polar surface area (TPSA) is 35.2 Å². The van der Waals surface area contributed by atoms with Gasteiger partial charge >= 0.3 is 0 Å². The van der Waals surface area contributed by atoms with E-state index < -0.39 is 0 Å². The van der Waals surface area contributed by atoms with E-state index in [2.05, 4.69) is 0 Å². The van der Waals surface area contributed by atoms with E-state index in [1.807, 2.05) is 0 Å². The standard InChI is InChI=1S/C9H17NO/c10-6-7-2-1-3-9-8(7)4-5-11-9/h7-9H,1-6,10H2/t7-,8-,9+/m0/s1. The lowest BCUT2D eigenvalue weighted by Gasteiger charge is -2.31. The van der Waals surface area contributed by atoms with Gasteiger partial charge in [-0.1, -0.05) is 6.42 Å². The summed E-state index contributed by atoms with van der Waals surface area (Å²) in [5.41, 5.74) is 5.70. The van der Waals surface area contributed by atoms with Gasteiger partial charge in [-0.15, -0.1) is 0 Å². The molecule has 2 heteroatoms. The van der Waals surface area contributed by atoms with Gasteiger partial charge in [0.25, 0.3) is 0 Å². The van der Waals surface area contributed by atoms with Gasteiger partial charge in [0.15, 0.2) is 0 Å². The summed E-state index contributed by atoms with van der Waals surface area (Å²) >= 11 is 0. The predicted molar refractivity (Wildman–Crippen MR) is 44.2 cm³/mol. The summed E-state index contributed by atoms with van der Waals surface area (Å²) in [5, 5.41) is 0. The number of ether oxygens (including phenoxy) is 1. The molecule has 64 valence electrons. The van der Waals surface area contributed by atoms with Gasteiger partial charge in [-0.05, 0) is 37.6 Å². The van der Waals surface area contributed by atoms with Crippen LogP contribution in [0.2, 0.25) is 0 Å². The molecule has 1 saturated heterocycles. The van der Waals surface area contributed by atoms with E-state index >= 15 is 0 Å². The van der Waals surface area contributed by atoms with E-state index in [1.54, 1.807) is 0 Å². The van der Waals surface area contributed by atoms with E-state index in [-0.39, 0.29) is 0 Å². The third kappa shape index (κ3) is 1.30. The van der Waals surface area contributed by atoms with Gasteiger partial charge in [-0.2, -0.15) is 0 Å². The second kappa shape index (κ2) is 3.11. The second-order valence-electron chi connectivity index (χ2n) is 3.79. The van der Waals surface area contributed by atoms with Crippen molar-refractivity contribution in [2.24, 2.45) is 17.6 Å². The number of rotatable bonds is 1. The lowest BCUT2D eigenvalue weighted by atomic mass is 9.77. The maximum Gasteiger partial charge on any atom is 0.0607 e. The fraction of sp³-hybridized carbons (Fsp3) is 1.00. The van der Waals surface area contributed by atoms with Crippen LogP contribution in [0.4, 0.5) is 0 Å². The van der Waals surface area contributed by atoms with Crippen molar-refractivity contribution in [1.82, 2.24) is 0 Å². The Morgan fingerprint density at radius 2 is 2.18 bits per heavy atom. The van der Waals surface area contributed by atoms with Crippen molar-refractivity contribution in [2.45, 2.75) is 31.8 Å². The molecule has 1 saturated carbocycles. The van der Waals surface area contributed by atoms with Crippen molar-refractivity contribution in [1.29, 1.82) is 0 Å². The van der Waals surface area contributed by atoms with Crippen LogP contribution < -0.4 is 5.73 Å². The van der Waals surface area contributed by atoms with Crippen LogP contribution in [0.5, 0.6) is 0 Å². The van der Waals surface area contributed by atoms with Gasteiger partial charge in [-0.25, -0.2) is 0 Å². The minimum atomic E-state index is 0.567. The molecule has 0 radical (unpaired) electrons. The second-order valence-corrected chi connectivity index (χ2v) is 3.79. The summed E-state index contributed by atoms with van der Waals surface area (Å²) in [5.74, 6) is 1.56. The van der Waals surface area contributed by atoms with E-state index in [0.717, 1.165) is 25.0 Å². The summed E-state index contributed by atoms with van der Waals surface area (Å²) in [7, 11) is 0. The Morgan fingerprint density at radius 3 is 3.00 bits per heavy atom. The van der Waals surface area contributed by atoms with Gasteiger partial charge in [0.1, 0.15) is 0 Å².